The first-order valence-electron chi connectivity index (χ1n) is 10.7. The number of hydrogen-bond donors (Lipinski definition) is 1. The Kier molecular flexibility index (Phi) is 5.91. The van der Waals surface area contributed by atoms with Gasteiger partial charge in [-0.3, -0.25) is 4.90 Å². The Morgan fingerprint density at radius 2 is 1.46 bits per heavy atom. The van der Waals surface area contributed by atoms with Gasteiger partial charge in [-0.15, -0.1) is 0 Å². The molecule has 1 aliphatic heterocycles. The highest BCUT2D eigenvalue weighted by molar-refractivity contribution is 5.50. The Morgan fingerprint density at radius 1 is 0.893 bits per heavy atom. The average Bonchev–Trinajstić information content (AvgIpc) is 2.62. The van der Waals surface area contributed by atoms with E-state index in [1.54, 1.807) is 0 Å². The second-order valence-electron chi connectivity index (χ2n) is 10.4. The van der Waals surface area contributed by atoms with Gasteiger partial charge in [0.05, 0.1) is 0 Å². The van der Waals surface area contributed by atoms with Crippen molar-refractivity contribution >= 4 is 0 Å². The molecule has 1 saturated heterocycles. The molecule has 152 valence electrons. The van der Waals surface area contributed by atoms with Gasteiger partial charge in [0.1, 0.15) is 5.75 Å². The molecule has 2 heteroatoms. The van der Waals surface area contributed by atoms with Gasteiger partial charge in [0.25, 0.3) is 0 Å². The molecule has 1 heterocycles. The fraction of sp³-hybridized carbons (Fsp3) is 0.538. The Hall–Kier alpha value is -1.80. The second-order valence-corrected chi connectivity index (χ2v) is 10.4. The van der Waals surface area contributed by atoms with Gasteiger partial charge in [0, 0.05) is 12.6 Å². The van der Waals surface area contributed by atoms with E-state index in [0.717, 1.165) is 24.2 Å². The normalized spacial score (nSPS) is 19.0. The highest BCUT2D eigenvalue weighted by Gasteiger charge is 2.28. The maximum absolute atomic E-state index is 11.0. The van der Waals surface area contributed by atoms with Gasteiger partial charge < -0.3 is 5.11 Å². The van der Waals surface area contributed by atoms with Gasteiger partial charge in [-0.2, -0.15) is 0 Å². The number of nitrogens with zero attached hydrogens (tertiary/aromatic N) is 1. The van der Waals surface area contributed by atoms with Crippen LogP contribution in [0.3, 0.4) is 0 Å². The number of likely N-dealkylation sites (tertiary alicyclic amines) is 1. The van der Waals surface area contributed by atoms with Crippen LogP contribution in [0.4, 0.5) is 0 Å². The van der Waals surface area contributed by atoms with Crippen LogP contribution in [0.25, 0.3) is 0 Å². The molecule has 0 saturated carbocycles. The summed E-state index contributed by atoms with van der Waals surface area (Å²) in [5, 5.41) is 11.0. The maximum atomic E-state index is 11.0. The molecule has 1 N–H and O–H groups in total. The highest BCUT2D eigenvalue weighted by Crippen LogP contribution is 2.41. The minimum absolute atomic E-state index is 0.0825. The van der Waals surface area contributed by atoms with Crippen molar-refractivity contribution in [2.24, 2.45) is 0 Å². The van der Waals surface area contributed by atoms with Crippen molar-refractivity contribution in [1.82, 2.24) is 4.90 Å². The van der Waals surface area contributed by atoms with E-state index in [1.165, 1.54) is 30.4 Å². The average molecular weight is 380 g/mol. The fourth-order valence-electron chi connectivity index (χ4n) is 4.40. The quantitative estimate of drug-likeness (QED) is 0.640. The van der Waals surface area contributed by atoms with Crippen molar-refractivity contribution in [2.75, 3.05) is 6.54 Å². The van der Waals surface area contributed by atoms with Gasteiger partial charge >= 0.3 is 0 Å². The molecular formula is C26H37NO. The second kappa shape index (κ2) is 7.91. The predicted octanol–water partition coefficient (Wildman–Crippen LogP) is 6.71. The van der Waals surface area contributed by atoms with Crippen LogP contribution < -0.4 is 0 Å². The molecule has 0 radical (unpaired) electrons. The summed E-state index contributed by atoms with van der Waals surface area (Å²) in [6.07, 6.45) is 3.78. The Labute approximate surface area is 171 Å². The molecule has 3 rings (SSSR count). The molecule has 0 spiro atoms. The fourth-order valence-corrected chi connectivity index (χ4v) is 4.40. The van der Waals surface area contributed by atoms with Crippen LogP contribution in [0.15, 0.2) is 42.5 Å². The SMILES string of the molecule is CC(C)(C)c1cc(CN2CCCCC2c2ccccc2)cc(C(C)(C)C)c1O. The van der Waals surface area contributed by atoms with E-state index in [0.29, 0.717) is 11.8 Å². The van der Waals surface area contributed by atoms with E-state index in [2.05, 4.69) is 88.9 Å². The molecule has 1 unspecified atom stereocenters. The summed E-state index contributed by atoms with van der Waals surface area (Å²) in [5.41, 5.74) is 4.69. The van der Waals surface area contributed by atoms with E-state index in [-0.39, 0.29) is 10.8 Å². The van der Waals surface area contributed by atoms with E-state index in [9.17, 15) is 5.11 Å². The van der Waals surface area contributed by atoms with Crippen LogP contribution in [-0.2, 0) is 17.4 Å². The number of aromatic hydroxyl groups is 1. The number of phenolic OH excluding ortho intramolecular Hbond substituents is 1. The summed E-state index contributed by atoms with van der Waals surface area (Å²) >= 11 is 0. The van der Waals surface area contributed by atoms with Crippen molar-refractivity contribution < 1.29 is 5.11 Å². The van der Waals surface area contributed by atoms with Crippen molar-refractivity contribution in [2.45, 2.75) is 84.2 Å². The minimum atomic E-state index is -0.0825. The van der Waals surface area contributed by atoms with Gasteiger partial charge in [-0.1, -0.05) is 90.4 Å². The van der Waals surface area contributed by atoms with Crippen molar-refractivity contribution in [1.29, 1.82) is 0 Å². The first kappa shape index (κ1) is 20.9. The maximum Gasteiger partial charge on any atom is 0.123 e. The van der Waals surface area contributed by atoms with Gasteiger partial charge in [0.2, 0.25) is 0 Å². The van der Waals surface area contributed by atoms with Crippen LogP contribution in [0, 0.1) is 0 Å². The smallest absolute Gasteiger partial charge is 0.123 e. The topological polar surface area (TPSA) is 23.5 Å². The Bertz CT molecular complexity index is 760. The van der Waals surface area contributed by atoms with Crippen LogP contribution in [-0.4, -0.2) is 16.6 Å². The zero-order valence-electron chi connectivity index (χ0n) is 18.5. The molecule has 1 atom stereocenters. The number of rotatable bonds is 3. The number of benzene rings is 2. The summed E-state index contributed by atoms with van der Waals surface area (Å²) in [5.74, 6) is 0.474. The zero-order valence-corrected chi connectivity index (χ0v) is 18.5. The monoisotopic (exact) mass is 379 g/mol. The lowest BCUT2D eigenvalue weighted by Crippen LogP contribution is -2.33. The van der Waals surface area contributed by atoms with Crippen LogP contribution >= 0.6 is 0 Å². The van der Waals surface area contributed by atoms with E-state index < -0.39 is 0 Å². The summed E-state index contributed by atoms with van der Waals surface area (Å²) in [7, 11) is 0. The molecule has 0 amide bonds. The summed E-state index contributed by atoms with van der Waals surface area (Å²) in [6.45, 7) is 15.2. The molecule has 2 aromatic rings. The number of hydrogen-bond acceptors (Lipinski definition) is 2. The van der Waals surface area contributed by atoms with Crippen molar-refractivity contribution in [3.63, 3.8) is 0 Å². The summed E-state index contributed by atoms with van der Waals surface area (Å²) in [6, 6.07) is 15.9. The van der Waals surface area contributed by atoms with Crippen molar-refractivity contribution in [3.8, 4) is 5.75 Å². The molecule has 2 aromatic carbocycles. The lowest BCUT2D eigenvalue weighted by molar-refractivity contribution is 0.140. The van der Waals surface area contributed by atoms with E-state index >= 15 is 0 Å². The van der Waals surface area contributed by atoms with Crippen molar-refractivity contribution in [3.05, 3.63) is 64.7 Å². The van der Waals surface area contributed by atoms with Gasteiger partial charge in [-0.05, 0) is 52.5 Å². The molecule has 0 bridgehead atoms. The molecule has 0 aliphatic carbocycles. The first-order chi connectivity index (χ1) is 13.1. The van der Waals surface area contributed by atoms with Crippen LogP contribution in [0.5, 0.6) is 5.75 Å². The van der Waals surface area contributed by atoms with Crippen LogP contribution in [0.1, 0.15) is 89.1 Å². The number of piperidine rings is 1. The van der Waals surface area contributed by atoms with Gasteiger partial charge in [-0.25, -0.2) is 0 Å². The third-order valence-corrected chi connectivity index (χ3v) is 5.97. The lowest BCUT2D eigenvalue weighted by atomic mass is 9.78. The highest BCUT2D eigenvalue weighted by atomic mass is 16.3. The van der Waals surface area contributed by atoms with Gasteiger partial charge in [0.15, 0.2) is 0 Å². The Morgan fingerprint density at radius 3 is 2.00 bits per heavy atom. The van der Waals surface area contributed by atoms with E-state index in [1.807, 2.05) is 0 Å². The molecular weight excluding hydrogens is 342 g/mol. The Balaban J connectivity index is 1.98. The molecule has 1 fully saturated rings. The van der Waals surface area contributed by atoms with E-state index in [4.69, 9.17) is 0 Å². The minimum Gasteiger partial charge on any atom is -0.507 e. The largest absolute Gasteiger partial charge is 0.507 e. The molecule has 2 nitrogen and oxygen atoms in total. The third-order valence-electron chi connectivity index (χ3n) is 5.97. The molecule has 1 aliphatic rings. The van der Waals surface area contributed by atoms with Crippen LogP contribution in [0.2, 0.25) is 0 Å². The standard InChI is InChI=1S/C26H37NO/c1-25(2,3)21-16-19(17-22(24(21)28)26(4,5)6)18-27-15-11-10-14-23(27)20-12-8-7-9-13-20/h7-9,12-13,16-17,23,28H,10-11,14-15,18H2,1-6H3. The molecule has 28 heavy (non-hydrogen) atoms. The summed E-state index contributed by atoms with van der Waals surface area (Å²) in [4.78, 5) is 2.63. The predicted molar refractivity (Wildman–Crippen MR) is 119 cm³/mol. The lowest BCUT2D eigenvalue weighted by Gasteiger charge is -2.37. The third kappa shape index (κ3) is 4.60. The summed E-state index contributed by atoms with van der Waals surface area (Å²) < 4.78 is 0. The molecule has 0 aromatic heterocycles. The first-order valence-corrected chi connectivity index (χ1v) is 10.7. The zero-order chi connectivity index (χ0) is 20.5. The number of phenols is 1.